The smallest absolute Gasteiger partial charge is 0.315 e. The largest absolute Gasteiger partial charge is 0.384 e. The van der Waals surface area contributed by atoms with Gasteiger partial charge in [0.25, 0.3) is 0 Å². The van der Waals surface area contributed by atoms with Gasteiger partial charge in [-0.15, -0.1) is 0 Å². The van der Waals surface area contributed by atoms with Crippen LogP contribution in [0.3, 0.4) is 0 Å². The van der Waals surface area contributed by atoms with Crippen molar-refractivity contribution in [3.63, 3.8) is 0 Å². The topological polar surface area (TPSA) is 55.6 Å². The molecule has 0 aromatic heterocycles. The van der Waals surface area contributed by atoms with Crippen molar-refractivity contribution in [2.45, 2.75) is 69.9 Å². The van der Waals surface area contributed by atoms with E-state index in [1.54, 1.807) is 7.11 Å². The first-order valence-corrected chi connectivity index (χ1v) is 7.79. The maximum Gasteiger partial charge on any atom is 0.315 e. The summed E-state index contributed by atoms with van der Waals surface area (Å²) < 4.78 is 5.24. The van der Waals surface area contributed by atoms with Gasteiger partial charge in [0.15, 0.2) is 0 Å². The number of rotatable bonds is 4. The maximum absolute atomic E-state index is 11.8. The molecule has 19 heavy (non-hydrogen) atoms. The number of carbonyl (C=O) groups excluding carboxylic acids is 1. The third kappa shape index (κ3) is 3.85. The zero-order chi connectivity index (χ0) is 13.7. The van der Waals surface area contributed by atoms with Crippen molar-refractivity contribution in [1.29, 1.82) is 0 Å². The van der Waals surface area contributed by atoms with Crippen LogP contribution in [0.25, 0.3) is 0 Å². The summed E-state index contributed by atoms with van der Waals surface area (Å²) in [5.41, 5.74) is 5.65. The van der Waals surface area contributed by atoms with E-state index in [-0.39, 0.29) is 6.03 Å². The first-order chi connectivity index (χ1) is 9.22. The number of hydrogen-bond acceptors (Lipinski definition) is 2. The lowest BCUT2D eigenvalue weighted by Crippen LogP contribution is -2.51. The molecule has 0 unspecified atom stereocenters. The molecule has 0 bridgehead atoms. The van der Waals surface area contributed by atoms with Crippen molar-refractivity contribution in [1.82, 2.24) is 4.90 Å². The molecule has 2 rings (SSSR count). The summed E-state index contributed by atoms with van der Waals surface area (Å²) in [5, 5.41) is 0. The second-order valence-corrected chi connectivity index (χ2v) is 6.17. The molecular formula is C15H28N2O2. The SMILES string of the molecule is COC[C@H]1CC[C@H](N(C(N)=O)C2CCCCC2)CC1. The van der Waals surface area contributed by atoms with Gasteiger partial charge < -0.3 is 15.4 Å². The van der Waals surface area contributed by atoms with E-state index in [4.69, 9.17) is 10.5 Å². The van der Waals surface area contributed by atoms with Crippen LogP contribution < -0.4 is 5.73 Å². The Kier molecular flexibility index (Phi) is 5.49. The Balaban J connectivity index is 1.91. The molecule has 0 aliphatic heterocycles. The molecule has 4 nitrogen and oxygen atoms in total. The van der Waals surface area contributed by atoms with Crippen molar-refractivity contribution >= 4 is 6.03 Å². The first-order valence-electron chi connectivity index (χ1n) is 7.79. The lowest BCUT2D eigenvalue weighted by molar-refractivity contribution is 0.0769. The minimum Gasteiger partial charge on any atom is -0.384 e. The molecule has 0 aromatic carbocycles. The van der Waals surface area contributed by atoms with Crippen LogP contribution in [0.5, 0.6) is 0 Å². The van der Waals surface area contributed by atoms with E-state index in [1.807, 2.05) is 4.90 Å². The van der Waals surface area contributed by atoms with Crippen molar-refractivity contribution in [3.8, 4) is 0 Å². The lowest BCUT2D eigenvalue weighted by atomic mass is 9.84. The molecule has 2 N–H and O–H groups in total. The summed E-state index contributed by atoms with van der Waals surface area (Å²) in [6.07, 6.45) is 10.6. The Morgan fingerprint density at radius 1 is 1.05 bits per heavy atom. The summed E-state index contributed by atoms with van der Waals surface area (Å²) in [5.74, 6) is 0.669. The minimum absolute atomic E-state index is 0.206. The Labute approximate surface area is 116 Å². The van der Waals surface area contributed by atoms with Gasteiger partial charge in [0.1, 0.15) is 0 Å². The monoisotopic (exact) mass is 268 g/mol. The average molecular weight is 268 g/mol. The van der Waals surface area contributed by atoms with Crippen LogP contribution in [0.1, 0.15) is 57.8 Å². The second-order valence-electron chi connectivity index (χ2n) is 6.17. The van der Waals surface area contributed by atoms with Gasteiger partial charge in [0, 0.05) is 25.8 Å². The summed E-state index contributed by atoms with van der Waals surface area (Å²) in [6.45, 7) is 0.854. The molecule has 0 aromatic rings. The van der Waals surface area contributed by atoms with Crippen LogP contribution in [0.4, 0.5) is 4.79 Å². The summed E-state index contributed by atoms with van der Waals surface area (Å²) in [6, 6.07) is 0.561. The molecule has 0 atom stereocenters. The molecule has 0 saturated heterocycles. The molecule has 0 radical (unpaired) electrons. The highest BCUT2D eigenvalue weighted by Gasteiger charge is 2.33. The predicted octanol–water partition coefficient (Wildman–Crippen LogP) is 2.91. The summed E-state index contributed by atoms with van der Waals surface area (Å²) in [7, 11) is 1.77. The van der Waals surface area contributed by atoms with Gasteiger partial charge in [0.2, 0.25) is 0 Å². The van der Waals surface area contributed by atoms with Crippen LogP contribution in [-0.4, -0.2) is 36.7 Å². The van der Waals surface area contributed by atoms with Gasteiger partial charge >= 0.3 is 6.03 Å². The molecule has 2 saturated carbocycles. The average Bonchev–Trinajstić information content (AvgIpc) is 2.42. The fourth-order valence-corrected chi connectivity index (χ4v) is 3.84. The van der Waals surface area contributed by atoms with Gasteiger partial charge in [-0.2, -0.15) is 0 Å². The van der Waals surface area contributed by atoms with E-state index in [0.717, 1.165) is 45.1 Å². The highest BCUT2D eigenvalue weighted by Crippen LogP contribution is 2.32. The van der Waals surface area contributed by atoms with E-state index in [9.17, 15) is 4.79 Å². The number of urea groups is 1. The molecule has 2 amide bonds. The molecule has 0 spiro atoms. The molecule has 2 aliphatic carbocycles. The van der Waals surface area contributed by atoms with E-state index in [1.165, 1.54) is 19.3 Å². The maximum atomic E-state index is 11.8. The first kappa shape index (κ1) is 14.6. The third-order valence-electron chi connectivity index (χ3n) is 4.83. The second kappa shape index (κ2) is 7.13. The van der Waals surface area contributed by atoms with Crippen molar-refractivity contribution in [2.24, 2.45) is 11.7 Å². The number of primary amides is 1. The van der Waals surface area contributed by atoms with E-state index in [2.05, 4.69) is 0 Å². The predicted molar refractivity (Wildman–Crippen MR) is 75.9 cm³/mol. The Bertz CT molecular complexity index is 282. The molecular weight excluding hydrogens is 240 g/mol. The van der Waals surface area contributed by atoms with Gasteiger partial charge in [-0.25, -0.2) is 4.79 Å². The van der Waals surface area contributed by atoms with E-state index >= 15 is 0 Å². The van der Waals surface area contributed by atoms with Crippen molar-refractivity contribution in [2.75, 3.05) is 13.7 Å². The van der Waals surface area contributed by atoms with Crippen molar-refractivity contribution < 1.29 is 9.53 Å². The Hall–Kier alpha value is -0.770. The van der Waals surface area contributed by atoms with Crippen LogP contribution in [0.2, 0.25) is 0 Å². The van der Waals surface area contributed by atoms with Gasteiger partial charge in [-0.3, -0.25) is 0 Å². The zero-order valence-corrected chi connectivity index (χ0v) is 12.1. The lowest BCUT2D eigenvalue weighted by Gasteiger charge is -2.42. The Morgan fingerprint density at radius 2 is 1.63 bits per heavy atom. The highest BCUT2D eigenvalue weighted by molar-refractivity contribution is 5.72. The molecule has 110 valence electrons. The van der Waals surface area contributed by atoms with Gasteiger partial charge in [0.05, 0.1) is 0 Å². The number of nitrogens with two attached hydrogens (primary N) is 1. The number of amides is 2. The number of methoxy groups -OCH3 is 1. The summed E-state index contributed by atoms with van der Waals surface area (Å²) >= 11 is 0. The van der Waals surface area contributed by atoms with Crippen LogP contribution in [0, 0.1) is 5.92 Å². The normalized spacial score (nSPS) is 29.1. The van der Waals surface area contributed by atoms with E-state index < -0.39 is 0 Å². The number of carbonyl (C=O) groups is 1. The van der Waals surface area contributed by atoms with E-state index in [0.29, 0.717) is 18.0 Å². The zero-order valence-electron chi connectivity index (χ0n) is 12.1. The Morgan fingerprint density at radius 3 is 2.16 bits per heavy atom. The molecule has 0 heterocycles. The fourth-order valence-electron chi connectivity index (χ4n) is 3.84. The number of nitrogens with zero attached hydrogens (tertiary/aromatic N) is 1. The minimum atomic E-state index is -0.206. The third-order valence-corrected chi connectivity index (χ3v) is 4.83. The molecule has 2 fully saturated rings. The van der Waals surface area contributed by atoms with Crippen LogP contribution >= 0.6 is 0 Å². The molecule has 4 heteroatoms. The highest BCUT2D eigenvalue weighted by atomic mass is 16.5. The van der Waals surface area contributed by atoms with Crippen LogP contribution in [-0.2, 0) is 4.74 Å². The van der Waals surface area contributed by atoms with Gasteiger partial charge in [-0.05, 0) is 44.4 Å². The molecule has 2 aliphatic rings. The summed E-state index contributed by atoms with van der Waals surface area (Å²) in [4.78, 5) is 13.8. The standard InChI is InChI=1S/C15H28N2O2/c1-19-11-12-7-9-14(10-8-12)17(15(16)18)13-5-3-2-4-6-13/h12-14H,2-11H2,1H3,(H2,16,18)/t12-,14-. The number of hydrogen-bond donors (Lipinski definition) is 1. The number of ether oxygens (including phenoxy) is 1. The van der Waals surface area contributed by atoms with Crippen LogP contribution in [0.15, 0.2) is 0 Å². The fraction of sp³-hybridized carbons (Fsp3) is 0.933. The van der Waals surface area contributed by atoms with Crippen molar-refractivity contribution in [3.05, 3.63) is 0 Å². The quantitative estimate of drug-likeness (QED) is 0.852. The van der Waals surface area contributed by atoms with Gasteiger partial charge in [-0.1, -0.05) is 19.3 Å².